The minimum Gasteiger partial charge on any atom is -0.348 e. The van der Waals surface area contributed by atoms with Gasteiger partial charge >= 0.3 is 0 Å². The molecule has 0 unspecified atom stereocenters. The highest BCUT2D eigenvalue weighted by Crippen LogP contribution is 2.31. The average Bonchev–Trinajstić information content (AvgIpc) is 2.44. The SMILES string of the molecule is Cc1[nH]cnc1CNC1(C)CCC1. The molecule has 1 aliphatic rings. The van der Waals surface area contributed by atoms with Crippen LogP contribution < -0.4 is 5.32 Å². The van der Waals surface area contributed by atoms with Crippen LogP contribution in [0.15, 0.2) is 6.33 Å². The summed E-state index contributed by atoms with van der Waals surface area (Å²) < 4.78 is 0. The molecule has 0 aromatic carbocycles. The van der Waals surface area contributed by atoms with Crippen LogP contribution in [0.2, 0.25) is 0 Å². The van der Waals surface area contributed by atoms with Crippen LogP contribution in [0.4, 0.5) is 0 Å². The maximum absolute atomic E-state index is 4.26. The lowest BCUT2D eigenvalue weighted by molar-refractivity contribution is 0.206. The summed E-state index contributed by atoms with van der Waals surface area (Å²) in [5.74, 6) is 0. The van der Waals surface area contributed by atoms with E-state index in [0.29, 0.717) is 5.54 Å². The van der Waals surface area contributed by atoms with Crippen molar-refractivity contribution in [2.45, 2.75) is 45.2 Å². The Morgan fingerprint density at radius 3 is 2.85 bits per heavy atom. The maximum Gasteiger partial charge on any atom is 0.0925 e. The van der Waals surface area contributed by atoms with E-state index in [0.717, 1.165) is 12.2 Å². The summed E-state index contributed by atoms with van der Waals surface area (Å²) in [5.41, 5.74) is 2.70. The van der Waals surface area contributed by atoms with E-state index in [2.05, 4.69) is 29.1 Å². The zero-order chi connectivity index (χ0) is 9.31. The Morgan fingerprint density at radius 2 is 2.38 bits per heavy atom. The molecule has 0 saturated heterocycles. The predicted molar refractivity (Wildman–Crippen MR) is 52.4 cm³/mol. The zero-order valence-electron chi connectivity index (χ0n) is 8.35. The van der Waals surface area contributed by atoms with Crippen molar-refractivity contribution in [1.82, 2.24) is 15.3 Å². The lowest BCUT2D eigenvalue weighted by atomic mass is 9.78. The molecule has 2 rings (SSSR count). The van der Waals surface area contributed by atoms with Crippen LogP contribution in [0.25, 0.3) is 0 Å². The van der Waals surface area contributed by atoms with E-state index in [1.165, 1.54) is 25.0 Å². The first-order valence-corrected chi connectivity index (χ1v) is 4.93. The fourth-order valence-corrected chi connectivity index (χ4v) is 1.75. The third-order valence-electron chi connectivity index (χ3n) is 3.07. The van der Waals surface area contributed by atoms with E-state index >= 15 is 0 Å². The highest BCUT2D eigenvalue weighted by atomic mass is 15.0. The number of hydrogen-bond donors (Lipinski definition) is 2. The Hall–Kier alpha value is -0.830. The molecule has 1 aliphatic carbocycles. The minimum atomic E-state index is 0.380. The van der Waals surface area contributed by atoms with Crippen molar-refractivity contribution < 1.29 is 0 Å². The van der Waals surface area contributed by atoms with Crippen LogP contribution in [0, 0.1) is 6.92 Å². The van der Waals surface area contributed by atoms with Gasteiger partial charge in [-0.1, -0.05) is 0 Å². The summed E-state index contributed by atoms with van der Waals surface area (Å²) in [6.07, 6.45) is 5.73. The van der Waals surface area contributed by atoms with Gasteiger partial charge in [0.05, 0.1) is 12.0 Å². The zero-order valence-corrected chi connectivity index (χ0v) is 8.35. The van der Waals surface area contributed by atoms with Gasteiger partial charge in [-0.2, -0.15) is 0 Å². The quantitative estimate of drug-likeness (QED) is 0.742. The molecule has 1 aromatic rings. The number of hydrogen-bond acceptors (Lipinski definition) is 2. The summed E-state index contributed by atoms with van der Waals surface area (Å²) in [4.78, 5) is 7.35. The summed E-state index contributed by atoms with van der Waals surface area (Å²) in [7, 11) is 0. The number of aromatic amines is 1. The Labute approximate surface area is 79.0 Å². The normalized spacial score (nSPS) is 19.8. The van der Waals surface area contributed by atoms with E-state index in [1.54, 1.807) is 6.33 Å². The Morgan fingerprint density at radius 1 is 1.62 bits per heavy atom. The van der Waals surface area contributed by atoms with Gasteiger partial charge in [0.2, 0.25) is 0 Å². The second-order valence-corrected chi connectivity index (χ2v) is 4.24. The predicted octanol–water partition coefficient (Wildman–Crippen LogP) is 1.75. The summed E-state index contributed by atoms with van der Waals surface area (Å²) in [6, 6.07) is 0. The van der Waals surface area contributed by atoms with Gasteiger partial charge in [-0.3, -0.25) is 0 Å². The number of H-pyrrole nitrogens is 1. The summed E-state index contributed by atoms with van der Waals surface area (Å²) in [6.45, 7) is 5.25. The van der Waals surface area contributed by atoms with Gasteiger partial charge in [-0.15, -0.1) is 0 Å². The van der Waals surface area contributed by atoms with Crippen LogP contribution in [0.3, 0.4) is 0 Å². The van der Waals surface area contributed by atoms with Crippen molar-refractivity contribution in [3.63, 3.8) is 0 Å². The molecular weight excluding hydrogens is 162 g/mol. The van der Waals surface area contributed by atoms with Gasteiger partial charge in [0.15, 0.2) is 0 Å². The van der Waals surface area contributed by atoms with Crippen LogP contribution in [0.1, 0.15) is 37.6 Å². The lowest BCUT2D eigenvalue weighted by Crippen LogP contribution is -2.47. The van der Waals surface area contributed by atoms with E-state index < -0.39 is 0 Å². The van der Waals surface area contributed by atoms with Gasteiger partial charge in [0.25, 0.3) is 0 Å². The molecule has 0 spiro atoms. The Balaban J connectivity index is 1.89. The van der Waals surface area contributed by atoms with Crippen molar-refractivity contribution >= 4 is 0 Å². The minimum absolute atomic E-state index is 0.380. The van der Waals surface area contributed by atoms with Crippen LogP contribution in [0.5, 0.6) is 0 Å². The van der Waals surface area contributed by atoms with Crippen molar-refractivity contribution in [3.05, 3.63) is 17.7 Å². The van der Waals surface area contributed by atoms with E-state index in [4.69, 9.17) is 0 Å². The Kier molecular flexibility index (Phi) is 2.12. The molecule has 13 heavy (non-hydrogen) atoms. The van der Waals surface area contributed by atoms with Gasteiger partial charge in [0.1, 0.15) is 0 Å². The average molecular weight is 179 g/mol. The molecule has 2 N–H and O–H groups in total. The highest BCUT2D eigenvalue weighted by molar-refractivity contribution is 5.09. The number of nitrogens with zero attached hydrogens (tertiary/aromatic N) is 1. The van der Waals surface area contributed by atoms with Crippen molar-refractivity contribution in [1.29, 1.82) is 0 Å². The molecule has 0 radical (unpaired) electrons. The smallest absolute Gasteiger partial charge is 0.0925 e. The van der Waals surface area contributed by atoms with Crippen LogP contribution in [-0.4, -0.2) is 15.5 Å². The topological polar surface area (TPSA) is 40.7 Å². The lowest BCUT2D eigenvalue weighted by Gasteiger charge is -2.39. The highest BCUT2D eigenvalue weighted by Gasteiger charge is 2.30. The largest absolute Gasteiger partial charge is 0.348 e. The van der Waals surface area contributed by atoms with Gasteiger partial charge in [-0.05, 0) is 33.1 Å². The summed E-state index contributed by atoms with van der Waals surface area (Å²) in [5, 5.41) is 3.56. The van der Waals surface area contributed by atoms with Gasteiger partial charge in [0, 0.05) is 17.8 Å². The Bertz CT molecular complexity index is 286. The monoisotopic (exact) mass is 179 g/mol. The molecule has 72 valence electrons. The number of nitrogens with one attached hydrogen (secondary N) is 2. The summed E-state index contributed by atoms with van der Waals surface area (Å²) >= 11 is 0. The van der Waals surface area contributed by atoms with Crippen LogP contribution in [-0.2, 0) is 6.54 Å². The molecule has 1 saturated carbocycles. The fourth-order valence-electron chi connectivity index (χ4n) is 1.75. The van der Waals surface area contributed by atoms with E-state index in [-0.39, 0.29) is 0 Å². The molecule has 0 bridgehead atoms. The third kappa shape index (κ3) is 1.75. The molecule has 1 fully saturated rings. The van der Waals surface area contributed by atoms with Crippen molar-refractivity contribution in [3.8, 4) is 0 Å². The standard InChI is InChI=1S/C10H17N3/c1-8-9(12-7-11-8)6-13-10(2)4-3-5-10/h7,13H,3-6H2,1-2H3,(H,11,12). The number of aryl methyl sites for hydroxylation is 1. The number of aromatic nitrogens is 2. The maximum atomic E-state index is 4.26. The molecule has 0 aliphatic heterocycles. The van der Waals surface area contributed by atoms with Gasteiger partial charge in [-0.25, -0.2) is 4.98 Å². The molecular formula is C10H17N3. The first-order chi connectivity index (χ1) is 6.20. The molecule has 0 amide bonds. The molecule has 3 nitrogen and oxygen atoms in total. The molecule has 1 aromatic heterocycles. The first-order valence-electron chi connectivity index (χ1n) is 4.93. The van der Waals surface area contributed by atoms with Gasteiger partial charge < -0.3 is 10.3 Å². The third-order valence-corrected chi connectivity index (χ3v) is 3.07. The number of rotatable bonds is 3. The fraction of sp³-hybridized carbons (Fsp3) is 0.700. The second kappa shape index (κ2) is 3.14. The second-order valence-electron chi connectivity index (χ2n) is 4.24. The van der Waals surface area contributed by atoms with E-state index in [1.807, 2.05) is 0 Å². The number of imidazole rings is 1. The van der Waals surface area contributed by atoms with E-state index in [9.17, 15) is 0 Å². The van der Waals surface area contributed by atoms with Crippen molar-refractivity contribution in [2.75, 3.05) is 0 Å². The van der Waals surface area contributed by atoms with Crippen LogP contribution >= 0.6 is 0 Å². The molecule has 0 atom stereocenters. The molecule has 3 heteroatoms. The first kappa shape index (κ1) is 8.75. The van der Waals surface area contributed by atoms with Crippen molar-refractivity contribution in [2.24, 2.45) is 0 Å². The molecule has 1 heterocycles.